The molecule has 0 aromatic heterocycles. The zero-order valence-electron chi connectivity index (χ0n) is 13.0. The Labute approximate surface area is 125 Å². The second kappa shape index (κ2) is 8.39. The molecule has 2 atom stereocenters. The molecule has 1 rings (SSSR count). The fourth-order valence-electron chi connectivity index (χ4n) is 2.34. The lowest BCUT2D eigenvalue weighted by Crippen LogP contribution is -2.36. The fraction of sp³-hybridized carbons (Fsp3) is 0.625. The van der Waals surface area contributed by atoms with Crippen LogP contribution < -0.4 is 5.32 Å². The first-order valence-electron chi connectivity index (χ1n) is 7.30. The molecule has 0 fully saturated rings. The highest BCUT2D eigenvalue weighted by atomic mass is 19.4. The molecule has 0 radical (unpaired) electrons. The molecule has 0 saturated carbocycles. The lowest BCUT2D eigenvalue weighted by Gasteiger charge is -2.26. The Hall–Kier alpha value is -1.07. The average Bonchev–Trinajstić information content (AvgIpc) is 2.37. The van der Waals surface area contributed by atoms with Crippen LogP contribution in [0.3, 0.4) is 0 Å². The van der Waals surface area contributed by atoms with Crippen LogP contribution in [0.4, 0.5) is 13.2 Å². The molecule has 0 heterocycles. The molecule has 1 N–H and O–H groups in total. The molecular weight excluding hydrogens is 277 g/mol. The van der Waals surface area contributed by atoms with Crippen LogP contribution in [0, 0.1) is 0 Å². The van der Waals surface area contributed by atoms with E-state index in [9.17, 15) is 13.2 Å². The molecule has 21 heavy (non-hydrogen) atoms. The van der Waals surface area contributed by atoms with E-state index in [0.717, 1.165) is 12.1 Å². The van der Waals surface area contributed by atoms with Gasteiger partial charge in [0.1, 0.15) is 0 Å². The van der Waals surface area contributed by atoms with Gasteiger partial charge in [0, 0.05) is 25.0 Å². The van der Waals surface area contributed by atoms with Gasteiger partial charge < -0.3 is 10.2 Å². The van der Waals surface area contributed by atoms with Gasteiger partial charge in [-0.05, 0) is 39.4 Å². The van der Waals surface area contributed by atoms with E-state index in [-0.39, 0.29) is 18.5 Å². The minimum Gasteiger partial charge on any atom is -0.308 e. The monoisotopic (exact) mass is 302 g/mol. The summed E-state index contributed by atoms with van der Waals surface area (Å²) in [6, 6.07) is 10.2. The molecule has 0 aliphatic heterocycles. The molecular formula is C16H25F3N2. The summed E-state index contributed by atoms with van der Waals surface area (Å²) in [5.74, 6) is 0. The van der Waals surface area contributed by atoms with Crippen molar-refractivity contribution < 1.29 is 13.2 Å². The molecule has 0 aliphatic carbocycles. The van der Waals surface area contributed by atoms with Crippen LogP contribution in [-0.4, -0.2) is 37.8 Å². The summed E-state index contributed by atoms with van der Waals surface area (Å²) in [7, 11) is 3.98. The third kappa shape index (κ3) is 8.07. The first-order valence-corrected chi connectivity index (χ1v) is 7.30. The van der Waals surface area contributed by atoms with Gasteiger partial charge in [0.25, 0.3) is 0 Å². The summed E-state index contributed by atoms with van der Waals surface area (Å²) in [6.45, 7) is 2.76. The molecule has 0 aliphatic rings. The lowest BCUT2D eigenvalue weighted by molar-refractivity contribution is -0.135. The van der Waals surface area contributed by atoms with E-state index in [1.54, 1.807) is 0 Å². The summed E-state index contributed by atoms with van der Waals surface area (Å²) in [5, 5.41) is 3.44. The van der Waals surface area contributed by atoms with Crippen LogP contribution in [-0.2, 0) is 0 Å². The van der Waals surface area contributed by atoms with Crippen LogP contribution in [0.15, 0.2) is 30.3 Å². The topological polar surface area (TPSA) is 15.3 Å². The highest BCUT2D eigenvalue weighted by Gasteiger charge is 2.26. The number of halogens is 3. The SMILES string of the molecule is CC(CCCC(F)(F)F)NC(CN(C)C)c1ccccc1. The Morgan fingerprint density at radius 3 is 2.29 bits per heavy atom. The van der Waals surface area contributed by atoms with Crippen molar-refractivity contribution >= 4 is 0 Å². The highest BCUT2D eigenvalue weighted by Crippen LogP contribution is 2.23. The highest BCUT2D eigenvalue weighted by molar-refractivity contribution is 5.19. The van der Waals surface area contributed by atoms with E-state index in [2.05, 4.69) is 10.2 Å². The Morgan fingerprint density at radius 1 is 1.14 bits per heavy atom. The standard InChI is InChI=1S/C16H25F3N2/c1-13(8-7-11-16(17,18)19)20-15(12-21(2)3)14-9-5-4-6-10-14/h4-6,9-10,13,15,20H,7-8,11-12H2,1-3H3. The van der Waals surface area contributed by atoms with E-state index in [4.69, 9.17) is 0 Å². The zero-order chi connectivity index (χ0) is 15.9. The van der Waals surface area contributed by atoms with E-state index in [1.165, 1.54) is 0 Å². The van der Waals surface area contributed by atoms with Crippen molar-refractivity contribution in [3.63, 3.8) is 0 Å². The van der Waals surface area contributed by atoms with Gasteiger partial charge in [-0.2, -0.15) is 13.2 Å². The number of benzene rings is 1. The lowest BCUT2D eigenvalue weighted by atomic mass is 10.0. The number of rotatable bonds is 8. The van der Waals surface area contributed by atoms with E-state index < -0.39 is 12.6 Å². The number of hydrogen-bond acceptors (Lipinski definition) is 2. The molecule has 0 saturated heterocycles. The quantitative estimate of drug-likeness (QED) is 0.781. The van der Waals surface area contributed by atoms with E-state index >= 15 is 0 Å². The zero-order valence-corrected chi connectivity index (χ0v) is 13.0. The second-order valence-electron chi connectivity index (χ2n) is 5.80. The maximum atomic E-state index is 12.2. The molecule has 1 aromatic rings. The first kappa shape index (κ1) is 18.0. The summed E-state index contributed by atoms with van der Waals surface area (Å²) >= 11 is 0. The molecule has 0 spiro atoms. The second-order valence-corrected chi connectivity index (χ2v) is 5.80. The molecule has 1 aromatic carbocycles. The Balaban J connectivity index is 2.52. The van der Waals surface area contributed by atoms with Crippen molar-refractivity contribution in [2.45, 2.75) is 44.4 Å². The maximum absolute atomic E-state index is 12.2. The van der Waals surface area contributed by atoms with E-state index in [1.807, 2.05) is 51.4 Å². The number of likely N-dealkylation sites (N-methyl/N-ethyl adjacent to an activating group) is 1. The minimum absolute atomic E-state index is 0.0532. The van der Waals surface area contributed by atoms with Crippen molar-refractivity contribution in [1.82, 2.24) is 10.2 Å². The Bertz CT molecular complexity index is 390. The maximum Gasteiger partial charge on any atom is 0.389 e. The van der Waals surface area contributed by atoms with Crippen molar-refractivity contribution in [3.8, 4) is 0 Å². The van der Waals surface area contributed by atoms with Crippen molar-refractivity contribution in [1.29, 1.82) is 0 Å². The predicted molar refractivity (Wildman–Crippen MR) is 80.2 cm³/mol. The first-order chi connectivity index (χ1) is 9.78. The number of nitrogens with one attached hydrogen (secondary N) is 1. The van der Waals surface area contributed by atoms with Crippen LogP contribution >= 0.6 is 0 Å². The molecule has 5 heteroatoms. The summed E-state index contributed by atoms with van der Waals surface area (Å²) in [4.78, 5) is 2.08. The third-order valence-corrected chi connectivity index (χ3v) is 3.33. The van der Waals surface area contributed by atoms with Gasteiger partial charge in [0.05, 0.1) is 0 Å². The van der Waals surface area contributed by atoms with Gasteiger partial charge in [-0.25, -0.2) is 0 Å². The van der Waals surface area contributed by atoms with Crippen LogP contribution in [0.1, 0.15) is 37.8 Å². The molecule has 0 amide bonds. The molecule has 120 valence electrons. The average molecular weight is 302 g/mol. The summed E-state index contributed by atoms with van der Waals surface area (Å²) in [6.07, 6.45) is -4.07. The van der Waals surface area contributed by atoms with Crippen molar-refractivity contribution in [2.75, 3.05) is 20.6 Å². The van der Waals surface area contributed by atoms with Gasteiger partial charge >= 0.3 is 6.18 Å². The molecule has 2 nitrogen and oxygen atoms in total. The normalized spacial score (nSPS) is 15.2. The minimum atomic E-state index is -4.05. The van der Waals surface area contributed by atoms with Gasteiger partial charge in [0.15, 0.2) is 0 Å². The fourth-order valence-corrected chi connectivity index (χ4v) is 2.34. The number of hydrogen-bond donors (Lipinski definition) is 1. The summed E-state index contributed by atoms with van der Waals surface area (Å²) < 4.78 is 36.5. The third-order valence-electron chi connectivity index (χ3n) is 3.33. The van der Waals surface area contributed by atoms with Gasteiger partial charge in [-0.1, -0.05) is 30.3 Å². The van der Waals surface area contributed by atoms with Crippen molar-refractivity contribution in [2.24, 2.45) is 0 Å². The number of alkyl halides is 3. The number of nitrogens with zero attached hydrogens (tertiary/aromatic N) is 1. The van der Waals surface area contributed by atoms with Crippen LogP contribution in [0.25, 0.3) is 0 Å². The molecule has 2 unspecified atom stereocenters. The predicted octanol–water partition coefficient (Wildman–Crippen LogP) is 4.00. The van der Waals surface area contributed by atoms with Crippen molar-refractivity contribution in [3.05, 3.63) is 35.9 Å². The summed E-state index contributed by atoms with van der Waals surface area (Å²) in [5.41, 5.74) is 1.16. The van der Waals surface area contributed by atoms with Gasteiger partial charge in [0.2, 0.25) is 0 Å². The largest absolute Gasteiger partial charge is 0.389 e. The van der Waals surface area contributed by atoms with Crippen LogP contribution in [0.2, 0.25) is 0 Å². The Kier molecular flexibility index (Phi) is 7.18. The van der Waals surface area contributed by atoms with Gasteiger partial charge in [-0.3, -0.25) is 0 Å². The molecule has 0 bridgehead atoms. The van der Waals surface area contributed by atoms with E-state index in [0.29, 0.717) is 6.42 Å². The Morgan fingerprint density at radius 2 is 1.76 bits per heavy atom. The van der Waals surface area contributed by atoms with Crippen LogP contribution in [0.5, 0.6) is 0 Å². The smallest absolute Gasteiger partial charge is 0.308 e. The van der Waals surface area contributed by atoms with Gasteiger partial charge in [-0.15, -0.1) is 0 Å².